The normalized spacial score (nSPS) is 19.7. The Labute approximate surface area is 159 Å². The smallest absolute Gasteiger partial charge is 0.256 e. The minimum absolute atomic E-state index is 0.116. The average molecular weight is 385 g/mol. The molecule has 1 aromatic carbocycles. The van der Waals surface area contributed by atoms with Crippen LogP contribution in [0.3, 0.4) is 0 Å². The van der Waals surface area contributed by atoms with E-state index in [1.54, 1.807) is 6.07 Å². The Bertz CT molecular complexity index is 1080. The van der Waals surface area contributed by atoms with Gasteiger partial charge in [-0.25, -0.2) is 13.1 Å². The number of hydrogen-bond donors (Lipinski definition) is 3. The van der Waals surface area contributed by atoms with Gasteiger partial charge < -0.3 is 10.3 Å². The molecule has 142 valence electrons. The maximum atomic E-state index is 12.5. The number of benzene rings is 1. The van der Waals surface area contributed by atoms with Crippen LogP contribution in [-0.2, 0) is 26.7 Å². The third kappa shape index (κ3) is 3.00. The van der Waals surface area contributed by atoms with Gasteiger partial charge in [0.05, 0.1) is 10.5 Å². The van der Waals surface area contributed by atoms with Crippen molar-refractivity contribution in [1.29, 1.82) is 0 Å². The number of carbonyl (C=O) groups excluding carboxylic acids is 1. The third-order valence-electron chi connectivity index (χ3n) is 5.53. The van der Waals surface area contributed by atoms with Crippen molar-refractivity contribution in [3.05, 3.63) is 46.8 Å². The zero-order chi connectivity index (χ0) is 19.4. The molecule has 3 N–H and O–H groups in total. The fourth-order valence-electron chi connectivity index (χ4n) is 3.99. The summed E-state index contributed by atoms with van der Waals surface area (Å²) < 4.78 is 26.5. The number of aromatic amines is 1. The van der Waals surface area contributed by atoms with Crippen molar-refractivity contribution in [2.75, 3.05) is 12.4 Å². The largest absolute Gasteiger partial charge is 0.359 e. The van der Waals surface area contributed by atoms with Crippen molar-refractivity contribution >= 4 is 33.3 Å². The van der Waals surface area contributed by atoms with E-state index >= 15 is 0 Å². The van der Waals surface area contributed by atoms with E-state index in [0.29, 0.717) is 16.8 Å². The second-order valence-corrected chi connectivity index (χ2v) is 9.67. The first-order valence-corrected chi connectivity index (χ1v) is 10.5. The average Bonchev–Trinajstić information content (AvgIpc) is 3.17. The van der Waals surface area contributed by atoms with Crippen LogP contribution in [0.25, 0.3) is 11.6 Å². The first kappa shape index (κ1) is 18.0. The lowest BCUT2D eigenvalue weighted by Gasteiger charge is -2.29. The molecule has 0 fully saturated rings. The Hall–Kier alpha value is -2.38. The van der Waals surface area contributed by atoms with E-state index in [4.69, 9.17) is 0 Å². The fourth-order valence-corrected chi connectivity index (χ4v) is 4.75. The lowest BCUT2D eigenvalue weighted by Crippen LogP contribution is -2.22. The molecule has 4 rings (SSSR count). The first-order chi connectivity index (χ1) is 12.7. The molecule has 0 bridgehead atoms. The minimum Gasteiger partial charge on any atom is -0.359 e. The maximum absolute atomic E-state index is 12.5. The van der Waals surface area contributed by atoms with Crippen LogP contribution < -0.4 is 10.0 Å². The first-order valence-electron chi connectivity index (χ1n) is 9.05. The lowest BCUT2D eigenvalue weighted by molar-refractivity contribution is -0.110. The number of sulfonamides is 1. The molecular weight excluding hydrogens is 362 g/mol. The highest BCUT2D eigenvalue weighted by molar-refractivity contribution is 7.89. The molecule has 0 atom stereocenters. The summed E-state index contributed by atoms with van der Waals surface area (Å²) in [5.74, 6) is -0.226. The van der Waals surface area contributed by atoms with Crippen LogP contribution in [-0.4, -0.2) is 26.4 Å². The molecule has 0 radical (unpaired) electrons. The van der Waals surface area contributed by atoms with E-state index < -0.39 is 10.0 Å². The predicted octanol–water partition coefficient (Wildman–Crippen LogP) is 3.03. The number of H-pyrrole nitrogens is 1. The van der Waals surface area contributed by atoms with Gasteiger partial charge >= 0.3 is 0 Å². The van der Waals surface area contributed by atoms with E-state index in [1.807, 2.05) is 6.08 Å². The van der Waals surface area contributed by atoms with Crippen LogP contribution >= 0.6 is 0 Å². The topological polar surface area (TPSA) is 91.1 Å². The molecule has 0 spiro atoms. The lowest BCUT2D eigenvalue weighted by atomic mass is 9.75. The molecule has 6 nitrogen and oxygen atoms in total. The van der Waals surface area contributed by atoms with Crippen molar-refractivity contribution in [1.82, 2.24) is 9.71 Å². The van der Waals surface area contributed by atoms with Gasteiger partial charge in [0.1, 0.15) is 0 Å². The van der Waals surface area contributed by atoms with Gasteiger partial charge in [-0.15, -0.1) is 0 Å². The second-order valence-electron chi connectivity index (χ2n) is 7.78. The minimum atomic E-state index is -3.58. The summed E-state index contributed by atoms with van der Waals surface area (Å²) in [7, 11) is -2.21. The summed E-state index contributed by atoms with van der Waals surface area (Å²) in [5.41, 5.74) is 5.20. The zero-order valence-electron chi connectivity index (χ0n) is 15.6. The molecule has 1 amide bonds. The molecule has 0 unspecified atom stereocenters. The summed E-state index contributed by atoms with van der Waals surface area (Å²) in [6.45, 7) is 4.48. The molecule has 2 heterocycles. The van der Waals surface area contributed by atoms with Gasteiger partial charge in [-0.05, 0) is 67.6 Å². The van der Waals surface area contributed by atoms with Crippen LogP contribution in [0.2, 0.25) is 0 Å². The van der Waals surface area contributed by atoms with Gasteiger partial charge in [0.15, 0.2) is 0 Å². The molecule has 0 saturated carbocycles. The Morgan fingerprint density at radius 1 is 1.22 bits per heavy atom. The molecule has 0 saturated heterocycles. The van der Waals surface area contributed by atoms with E-state index in [1.165, 1.54) is 30.4 Å². The van der Waals surface area contributed by atoms with Crippen LogP contribution in [0.15, 0.2) is 29.2 Å². The number of anilines is 1. The van der Waals surface area contributed by atoms with E-state index in [0.717, 1.165) is 25.0 Å². The number of carbonyl (C=O) groups is 1. The highest BCUT2D eigenvalue weighted by atomic mass is 32.2. The maximum Gasteiger partial charge on any atom is 0.256 e. The van der Waals surface area contributed by atoms with Crippen LogP contribution in [0.1, 0.15) is 49.2 Å². The molecule has 2 aliphatic rings. The number of hydrogen-bond acceptors (Lipinski definition) is 3. The van der Waals surface area contributed by atoms with Crippen LogP contribution in [0.5, 0.6) is 0 Å². The molecular formula is C20H23N3O3S. The number of nitrogens with one attached hydrogen (secondary N) is 3. The van der Waals surface area contributed by atoms with Crippen molar-refractivity contribution in [3.8, 4) is 0 Å². The second kappa shape index (κ2) is 6.07. The van der Waals surface area contributed by atoms with Gasteiger partial charge in [0, 0.05) is 22.6 Å². The van der Waals surface area contributed by atoms with E-state index in [9.17, 15) is 13.2 Å². The molecule has 1 aliphatic carbocycles. The molecule has 1 aliphatic heterocycles. The summed E-state index contributed by atoms with van der Waals surface area (Å²) in [5, 5.41) is 2.81. The predicted molar refractivity (Wildman–Crippen MR) is 106 cm³/mol. The van der Waals surface area contributed by atoms with Crippen molar-refractivity contribution < 1.29 is 13.2 Å². The summed E-state index contributed by atoms with van der Waals surface area (Å²) in [4.78, 5) is 16.1. The number of rotatable bonds is 3. The number of amides is 1. The van der Waals surface area contributed by atoms with Gasteiger partial charge in [0.2, 0.25) is 10.0 Å². The van der Waals surface area contributed by atoms with Gasteiger partial charge in [-0.2, -0.15) is 0 Å². The van der Waals surface area contributed by atoms with Gasteiger partial charge in [-0.1, -0.05) is 13.8 Å². The SMILES string of the molecule is CNS(=O)(=O)c1ccc2c(c1)C(=Cc1cc3c([nH]1)CCCC3(C)C)C(=O)N2. The fraction of sp³-hybridized carbons (Fsp3) is 0.350. The van der Waals surface area contributed by atoms with Crippen LogP contribution in [0, 0.1) is 0 Å². The molecule has 2 aromatic rings. The Balaban J connectivity index is 1.79. The van der Waals surface area contributed by atoms with Crippen molar-refractivity contribution in [3.63, 3.8) is 0 Å². The molecule has 1 aromatic heterocycles. The summed E-state index contributed by atoms with van der Waals surface area (Å²) in [6.07, 6.45) is 5.11. The van der Waals surface area contributed by atoms with Gasteiger partial charge in [0.25, 0.3) is 5.91 Å². The third-order valence-corrected chi connectivity index (χ3v) is 6.94. The molecule has 7 heteroatoms. The van der Waals surface area contributed by atoms with Crippen molar-refractivity contribution in [2.45, 2.75) is 43.4 Å². The van der Waals surface area contributed by atoms with Gasteiger partial charge in [-0.3, -0.25) is 4.79 Å². The Kier molecular flexibility index (Phi) is 4.05. The molecule has 27 heavy (non-hydrogen) atoms. The van der Waals surface area contributed by atoms with E-state index in [2.05, 4.69) is 34.9 Å². The highest BCUT2D eigenvalue weighted by Crippen LogP contribution is 2.39. The Morgan fingerprint density at radius 2 is 2.00 bits per heavy atom. The van der Waals surface area contributed by atoms with Crippen LogP contribution in [0.4, 0.5) is 5.69 Å². The number of aryl methyl sites for hydroxylation is 1. The quantitative estimate of drug-likeness (QED) is 0.709. The van der Waals surface area contributed by atoms with E-state index in [-0.39, 0.29) is 16.2 Å². The summed E-state index contributed by atoms with van der Waals surface area (Å²) in [6, 6.07) is 6.77. The number of fused-ring (bicyclic) bond motifs is 2. The van der Waals surface area contributed by atoms with Crippen molar-refractivity contribution in [2.24, 2.45) is 0 Å². The monoisotopic (exact) mass is 385 g/mol. The standard InChI is InChI=1S/C20H23N3O3S/c1-20(2)8-4-5-18-16(20)10-12(22-18)9-15-14-11-13(27(25,26)21-3)6-7-17(14)23-19(15)24/h6-7,9-11,21-22H,4-5,8H2,1-3H3,(H,23,24). The summed E-state index contributed by atoms with van der Waals surface area (Å²) >= 11 is 0. The Morgan fingerprint density at radius 3 is 2.70 bits per heavy atom. The number of aromatic nitrogens is 1. The zero-order valence-corrected chi connectivity index (χ0v) is 16.5. The highest BCUT2D eigenvalue weighted by Gasteiger charge is 2.30.